The number of carbonyl (C=O) groups is 4. The van der Waals surface area contributed by atoms with Gasteiger partial charge in [0, 0.05) is 41.3 Å². The maximum atomic E-state index is 12.6. The number of carbonyl (C=O) groups excluding carboxylic acids is 2. The van der Waals surface area contributed by atoms with E-state index in [0.29, 0.717) is 50.6 Å². The number of aliphatic hydroxyl groups excluding tert-OH is 1. The highest BCUT2D eigenvalue weighted by Crippen LogP contribution is 2.33. The smallest absolute Gasteiger partial charge is 0.481 e. The van der Waals surface area contributed by atoms with Crippen LogP contribution in [0.5, 0.6) is 11.5 Å². The molecule has 8 aromatic rings. The lowest BCUT2D eigenvalue weighted by atomic mass is 10.1. The third-order valence-electron chi connectivity index (χ3n) is 11.9. The maximum absolute atomic E-state index is 12.6. The number of carboxylic acid groups (broad SMARTS) is 2. The minimum Gasteiger partial charge on any atom is -0.481 e. The highest BCUT2D eigenvalue weighted by molar-refractivity contribution is 7.91. The predicted octanol–water partition coefficient (Wildman–Crippen LogP) is 8.51. The van der Waals surface area contributed by atoms with Crippen LogP contribution in [0, 0.1) is 0 Å². The third-order valence-corrected chi connectivity index (χ3v) is 14.2. The first-order valence-electron chi connectivity index (χ1n) is 24.3. The van der Waals surface area contributed by atoms with Crippen molar-refractivity contribution < 1.29 is 87.1 Å². The van der Waals surface area contributed by atoms with Gasteiger partial charge in [0.05, 0.1) is 58.6 Å². The van der Waals surface area contributed by atoms with Gasteiger partial charge >= 0.3 is 24.7 Å². The molecule has 0 saturated carbocycles. The number of rotatable bonds is 20. The van der Waals surface area contributed by atoms with Crippen LogP contribution < -0.4 is 20.1 Å². The molecule has 0 spiro atoms. The number of aromatic nitrogens is 4. The zero-order chi connectivity index (χ0) is 60.4. The summed E-state index contributed by atoms with van der Waals surface area (Å²) < 4.78 is 134. The minimum atomic E-state index is -4.83. The molecule has 0 aliphatic carbocycles. The van der Waals surface area contributed by atoms with Gasteiger partial charge in [0.15, 0.2) is 25.8 Å². The molecule has 2 heterocycles. The Labute approximate surface area is 469 Å². The van der Waals surface area contributed by atoms with Crippen molar-refractivity contribution in [3.63, 3.8) is 0 Å². The summed E-state index contributed by atoms with van der Waals surface area (Å²) in [6.45, 7) is -0.00898. The van der Waals surface area contributed by atoms with E-state index in [2.05, 4.69) is 30.3 Å². The van der Waals surface area contributed by atoms with Gasteiger partial charge in [-0.2, -0.15) is 10.2 Å². The summed E-state index contributed by atoms with van der Waals surface area (Å²) in [4.78, 5) is 46.2. The molecule has 0 saturated heterocycles. The van der Waals surface area contributed by atoms with Gasteiger partial charge in [0.25, 0.3) is 11.8 Å². The van der Waals surface area contributed by atoms with E-state index in [1.807, 2.05) is 0 Å². The fourth-order valence-electron chi connectivity index (χ4n) is 7.85. The molecule has 434 valence electrons. The zero-order valence-corrected chi connectivity index (χ0v) is 45.1. The molecule has 19 nitrogen and oxygen atoms in total. The second-order valence-corrected chi connectivity index (χ2v) is 22.3. The number of aliphatic hydroxyl groups is 1. The van der Waals surface area contributed by atoms with Gasteiger partial charge in [-0.25, -0.2) is 21.6 Å². The molecule has 5 N–H and O–H groups in total. The Hall–Kier alpha value is -9.34. The first-order valence-corrected chi connectivity index (χ1v) is 28.1. The van der Waals surface area contributed by atoms with Crippen molar-refractivity contribution >= 4 is 43.4 Å². The predicted molar refractivity (Wildman–Crippen MR) is 287 cm³/mol. The summed E-state index contributed by atoms with van der Waals surface area (Å²) in [6.07, 6.45) is -9.38. The van der Waals surface area contributed by atoms with Crippen LogP contribution in [0.15, 0.2) is 168 Å². The summed E-state index contributed by atoms with van der Waals surface area (Å²) >= 11 is 0. The van der Waals surface area contributed by atoms with E-state index in [9.17, 15) is 67.5 Å². The summed E-state index contributed by atoms with van der Waals surface area (Å²) in [7, 11) is -6.84. The molecule has 2 amide bonds. The lowest BCUT2D eigenvalue weighted by molar-refractivity contribution is -0.275. The number of alkyl halides is 6. The number of halogens is 6. The second kappa shape index (κ2) is 25.6. The van der Waals surface area contributed by atoms with Gasteiger partial charge in [-0.1, -0.05) is 48.5 Å². The van der Waals surface area contributed by atoms with Crippen molar-refractivity contribution in [1.29, 1.82) is 0 Å². The molecule has 0 aliphatic rings. The Bertz CT molecular complexity index is 3840. The number of nitrogens with one attached hydrogen (secondary N) is 2. The highest BCUT2D eigenvalue weighted by atomic mass is 32.2. The van der Waals surface area contributed by atoms with Crippen molar-refractivity contribution in [2.45, 2.75) is 48.1 Å². The van der Waals surface area contributed by atoms with Crippen LogP contribution >= 0.6 is 0 Å². The average molecular weight is 1190 g/mol. The molecule has 2 aromatic heterocycles. The first kappa shape index (κ1) is 61.3. The SMILES string of the molecule is CS(=O)(=O)c1ccc(-c2cc(-c3ccc(OC(F)(F)F)cc3)nn2Cc2ccc(C(=O)NCC(O)C(=O)O)cc2)cc1.CS(=O)(=O)c1ccc(-c2cc(-c3ccc(OC(F)(F)F)cc3)nn2Cc2ccc(C(=O)NCCC(=O)O)cc2)cc1. The third kappa shape index (κ3) is 17.6. The Morgan fingerprint density at radius 2 is 0.880 bits per heavy atom. The number of aliphatic carboxylic acids is 2. The van der Waals surface area contributed by atoms with Crippen LogP contribution in [-0.4, -0.2) is 120 Å². The van der Waals surface area contributed by atoms with Crippen LogP contribution in [0.3, 0.4) is 0 Å². The quantitative estimate of drug-likeness (QED) is 0.0447. The van der Waals surface area contributed by atoms with Crippen molar-refractivity contribution in [2.75, 3.05) is 25.6 Å². The van der Waals surface area contributed by atoms with E-state index in [1.54, 1.807) is 82.2 Å². The molecule has 0 fully saturated rings. The fourth-order valence-corrected chi connectivity index (χ4v) is 9.12. The van der Waals surface area contributed by atoms with Crippen molar-refractivity contribution in [2.24, 2.45) is 0 Å². The van der Waals surface area contributed by atoms with E-state index in [-0.39, 0.29) is 52.9 Å². The van der Waals surface area contributed by atoms with Crippen LogP contribution in [0.2, 0.25) is 0 Å². The lowest BCUT2D eigenvalue weighted by Crippen LogP contribution is -2.36. The van der Waals surface area contributed by atoms with Crippen LogP contribution in [0.4, 0.5) is 26.3 Å². The van der Waals surface area contributed by atoms with Gasteiger partial charge in [0.2, 0.25) is 0 Å². The Kier molecular flexibility index (Phi) is 18.9. The minimum absolute atomic E-state index is 0.00320. The van der Waals surface area contributed by atoms with Crippen LogP contribution in [0.25, 0.3) is 45.0 Å². The number of benzene rings is 6. The molecule has 6 aromatic carbocycles. The monoisotopic (exact) mass is 1190 g/mol. The molecular weight excluding hydrogens is 1140 g/mol. The molecule has 83 heavy (non-hydrogen) atoms. The standard InChI is InChI=1S/C28H24F3N3O7S.C28H24F3N3O6S/c1-42(39,40)22-12-8-19(9-13-22)24-14-23(18-6-10-21(11-7-18)41-28(29,30)31)33-34(24)16-17-2-4-20(5-3-17)26(36)32-15-25(35)27(37)38;1-41(38,39)23-12-8-20(9-13-23)25-16-24(19-6-10-22(11-7-19)40-28(29,30)31)33-34(25)17-18-2-4-21(5-3-18)27(37)32-15-14-26(35)36/h2-14,25,35H,15-16H2,1H3,(H,32,36)(H,37,38);2-13,16H,14-15,17H2,1H3,(H,32,37)(H,35,36). The van der Waals surface area contributed by atoms with E-state index in [1.165, 1.54) is 84.9 Å². The van der Waals surface area contributed by atoms with E-state index in [4.69, 9.17) is 10.2 Å². The summed E-state index contributed by atoms with van der Waals surface area (Å²) in [5.74, 6) is -4.23. The Balaban J connectivity index is 0.000000239. The maximum Gasteiger partial charge on any atom is 0.573 e. The molecule has 0 bridgehead atoms. The van der Waals surface area contributed by atoms with E-state index >= 15 is 0 Å². The Morgan fingerprint density at radius 1 is 0.530 bits per heavy atom. The first-order chi connectivity index (χ1) is 39.0. The number of nitrogens with zero attached hydrogens (tertiary/aromatic N) is 4. The fraction of sp³-hybridized carbons (Fsp3) is 0.179. The van der Waals surface area contributed by atoms with Gasteiger partial charge in [0.1, 0.15) is 11.5 Å². The van der Waals surface area contributed by atoms with Crippen LogP contribution in [-0.2, 0) is 42.4 Å². The molecule has 0 aliphatic heterocycles. The summed E-state index contributed by atoms with van der Waals surface area (Å²) in [5, 5.41) is 40.9. The highest BCUT2D eigenvalue weighted by Gasteiger charge is 2.32. The van der Waals surface area contributed by atoms with Gasteiger partial charge in [-0.3, -0.25) is 23.7 Å². The van der Waals surface area contributed by atoms with Crippen molar-refractivity contribution in [3.8, 4) is 56.5 Å². The second-order valence-electron chi connectivity index (χ2n) is 18.2. The number of sulfone groups is 2. The van der Waals surface area contributed by atoms with Gasteiger partial charge < -0.3 is 35.4 Å². The topological polar surface area (TPSA) is 275 Å². The van der Waals surface area contributed by atoms with Gasteiger partial charge in [-0.15, -0.1) is 26.3 Å². The molecule has 27 heteroatoms. The van der Waals surface area contributed by atoms with Gasteiger partial charge in [-0.05, 0) is 131 Å². The molecule has 1 unspecified atom stereocenters. The zero-order valence-electron chi connectivity index (χ0n) is 43.4. The largest absolute Gasteiger partial charge is 0.573 e. The molecular formula is C56H48F6N6O13S2. The molecule has 1 atom stereocenters. The van der Waals surface area contributed by atoms with Crippen molar-refractivity contribution in [3.05, 3.63) is 180 Å². The summed E-state index contributed by atoms with van der Waals surface area (Å²) in [6, 6.07) is 39.2. The molecule has 8 rings (SSSR count). The number of carboxylic acids is 2. The normalized spacial score (nSPS) is 12.1. The summed E-state index contributed by atoms with van der Waals surface area (Å²) in [5.41, 5.74) is 6.48. The number of hydrogen-bond acceptors (Lipinski definition) is 13. The lowest BCUT2D eigenvalue weighted by Gasteiger charge is -2.10. The average Bonchev–Trinajstić information content (AvgIpc) is 4.29. The van der Waals surface area contributed by atoms with E-state index < -0.39 is 68.8 Å². The number of hydrogen-bond donors (Lipinski definition) is 5. The molecule has 0 radical (unpaired) electrons. The number of ether oxygens (including phenoxy) is 2. The Morgan fingerprint density at radius 3 is 1.20 bits per heavy atom. The number of amides is 2. The van der Waals surface area contributed by atoms with Crippen LogP contribution in [0.1, 0.15) is 38.3 Å². The van der Waals surface area contributed by atoms with E-state index in [0.717, 1.165) is 23.6 Å². The van der Waals surface area contributed by atoms with Crippen molar-refractivity contribution in [1.82, 2.24) is 30.2 Å².